The Balaban J connectivity index is 1.57. The molecular weight excluding hydrogens is 425 g/mol. The van der Waals surface area contributed by atoms with E-state index in [4.69, 9.17) is 14.5 Å². The number of methoxy groups -OCH3 is 2. The number of rotatable bonds is 10. The highest BCUT2D eigenvalue weighted by Crippen LogP contribution is 2.27. The van der Waals surface area contributed by atoms with Crippen LogP contribution in [0.2, 0.25) is 0 Å². The molecule has 180 valence electrons. The number of nitrogens with one attached hydrogen (secondary N) is 2. The minimum absolute atomic E-state index is 0.191. The van der Waals surface area contributed by atoms with Gasteiger partial charge in [0, 0.05) is 38.0 Å². The fraction of sp³-hybridized carbons (Fsp3) is 0.609. The smallest absolute Gasteiger partial charge is 0.233 e. The molecule has 0 aliphatic carbocycles. The Labute approximate surface area is 194 Å². The van der Waals surface area contributed by atoms with Gasteiger partial charge in [-0.15, -0.1) is 0 Å². The second-order valence-electron chi connectivity index (χ2n) is 8.51. The quantitative estimate of drug-likeness (QED) is 0.556. The Hall–Kier alpha value is -2.72. The third-order valence-electron chi connectivity index (χ3n) is 6.43. The minimum Gasteiger partial charge on any atom is -0.494 e. The first-order chi connectivity index (χ1) is 16.1. The Kier molecular flexibility index (Phi) is 7.77. The molecule has 4 rings (SSSR count). The molecule has 2 aliphatic heterocycles. The predicted molar refractivity (Wildman–Crippen MR) is 127 cm³/mol. The number of ether oxygens (including phenoxy) is 2. The molecule has 1 unspecified atom stereocenters. The normalized spacial score (nSPS) is 20.9. The van der Waals surface area contributed by atoms with E-state index in [-0.39, 0.29) is 11.8 Å². The highest BCUT2D eigenvalue weighted by Gasteiger charge is 2.28. The summed E-state index contributed by atoms with van der Waals surface area (Å²) in [6.07, 6.45) is 4.47. The van der Waals surface area contributed by atoms with Crippen LogP contribution in [0.15, 0.2) is 18.2 Å². The van der Waals surface area contributed by atoms with Gasteiger partial charge in [-0.2, -0.15) is 15.0 Å². The molecule has 0 spiro atoms. The van der Waals surface area contributed by atoms with Crippen LogP contribution in [0.1, 0.15) is 32.6 Å². The number of hydrogen-bond donors (Lipinski definition) is 2. The number of likely N-dealkylation sites (N-methyl/N-ethyl adjacent to an activating group) is 1. The van der Waals surface area contributed by atoms with Crippen molar-refractivity contribution in [1.29, 1.82) is 0 Å². The molecule has 2 N–H and O–H groups in total. The maximum atomic E-state index is 14.2. The summed E-state index contributed by atoms with van der Waals surface area (Å²) in [6, 6.07) is 5.38. The summed E-state index contributed by atoms with van der Waals surface area (Å²) in [5.41, 5.74) is 0.541. The first kappa shape index (κ1) is 23.4. The van der Waals surface area contributed by atoms with E-state index in [1.807, 2.05) is 0 Å². The van der Waals surface area contributed by atoms with Gasteiger partial charge in [0.05, 0.1) is 19.8 Å². The summed E-state index contributed by atoms with van der Waals surface area (Å²) in [4.78, 5) is 18.6. The standard InChI is InChI=1S/C23H34FN7O2/c1-4-30-11-5-7-17(30)14-25-21-27-22(26-16-9-10-20(33-3)19(24)13-16)29-23(28-21)31-12-6-8-18(31)15-32-2/h9-10,13,17-18H,4-8,11-12,14-15H2,1-3H3,(H2,25,26,27,28,29)/t17?,18-/m0/s1. The highest BCUT2D eigenvalue weighted by molar-refractivity contribution is 5.57. The van der Waals surface area contributed by atoms with E-state index in [0.717, 1.165) is 45.4 Å². The summed E-state index contributed by atoms with van der Waals surface area (Å²) in [5, 5.41) is 6.55. The largest absolute Gasteiger partial charge is 0.494 e. The van der Waals surface area contributed by atoms with Crippen LogP contribution >= 0.6 is 0 Å². The van der Waals surface area contributed by atoms with Gasteiger partial charge in [0.25, 0.3) is 0 Å². The van der Waals surface area contributed by atoms with Crippen LogP contribution in [0.4, 0.5) is 27.9 Å². The zero-order valence-electron chi connectivity index (χ0n) is 19.7. The predicted octanol–water partition coefficient (Wildman–Crippen LogP) is 3.27. The molecule has 2 saturated heterocycles. The lowest BCUT2D eigenvalue weighted by Crippen LogP contribution is -2.36. The maximum Gasteiger partial charge on any atom is 0.233 e. The van der Waals surface area contributed by atoms with Crippen molar-refractivity contribution in [1.82, 2.24) is 19.9 Å². The summed E-state index contributed by atoms with van der Waals surface area (Å²) in [7, 11) is 3.15. The number of benzene rings is 1. The van der Waals surface area contributed by atoms with Crippen LogP contribution < -0.4 is 20.3 Å². The van der Waals surface area contributed by atoms with Crippen molar-refractivity contribution in [2.75, 3.05) is 62.5 Å². The van der Waals surface area contributed by atoms with Crippen molar-refractivity contribution >= 4 is 23.5 Å². The Morgan fingerprint density at radius 3 is 2.61 bits per heavy atom. The van der Waals surface area contributed by atoms with Crippen LogP contribution in [-0.4, -0.2) is 78.9 Å². The first-order valence-corrected chi connectivity index (χ1v) is 11.7. The van der Waals surface area contributed by atoms with Crippen LogP contribution in [0.5, 0.6) is 5.75 Å². The van der Waals surface area contributed by atoms with Crippen LogP contribution in [-0.2, 0) is 4.74 Å². The molecule has 0 amide bonds. The molecule has 3 heterocycles. The first-order valence-electron chi connectivity index (χ1n) is 11.7. The molecule has 1 aromatic carbocycles. The maximum absolute atomic E-state index is 14.2. The molecule has 2 fully saturated rings. The number of likely N-dealkylation sites (tertiary alicyclic amines) is 1. The number of aromatic nitrogens is 3. The Bertz CT molecular complexity index is 932. The molecule has 0 bridgehead atoms. The van der Waals surface area contributed by atoms with Gasteiger partial charge < -0.3 is 25.0 Å². The van der Waals surface area contributed by atoms with Crippen molar-refractivity contribution in [3.05, 3.63) is 24.0 Å². The Morgan fingerprint density at radius 1 is 1.06 bits per heavy atom. The molecule has 0 saturated carbocycles. The molecule has 33 heavy (non-hydrogen) atoms. The molecule has 9 nitrogen and oxygen atoms in total. The zero-order chi connectivity index (χ0) is 23.2. The van der Waals surface area contributed by atoms with Gasteiger partial charge in [-0.1, -0.05) is 6.92 Å². The minimum atomic E-state index is -0.448. The van der Waals surface area contributed by atoms with Gasteiger partial charge in [0.2, 0.25) is 17.8 Å². The molecule has 2 atom stereocenters. The van der Waals surface area contributed by atoms with Crippen molar-refractivity contribution in [2.45, 2.75) is 44.7 Å². The second-order valence-corrected chi connectivity index (χ2v) is 8.51. The number of hydrogen-bond acceptors (Lipinski definition) is 9. The summed E-state index contributed by atoms with van der Waals surface area (Å²) >= 11 is 0. The number of anilines is 4. The molecule has 2 aromatic rings. The van der Waals surface area contributed by atoms with Crippen molar-refractivity contribution in [3.63, 3.8) is 0 Å². The third-order valence-corrected chi connectivity index (χ3v) is 6.43. The second kappa shape index (κ2) is 10.9. The molecule has 10 heteroatoms. The molecule has 1 aromatic heterocycles. The third kappa shape index (κ3) is 5.62. The van der Waals surface area contributed by atoms with E-state index in [0.29, 0.717) is 36.2 Å². The van der Waals surface area contributed by atoms with Crippen molar-refractivity contribution in [2.24, 2.45) is 0 Å². The van der Waals surface area contributed by atoms with Gasteiger partial charge in [0.1, 0.15) is 0 Å². The van der Waals surface area contributed by atoms with Gasteiger partial charge in [-0.25, -0.2) is 4.39 Å². The summed E-state index contributed by atoms with van der Waals surface area (Å²) in [6.45, 7) is 6.62. The van der Waals surface area contributed by atoms with Crippen LogP contribution in [0.3, 0.4) is 0 Å². The SMILES string of the molecule is CCN1CCCC1CNc1nc(Nc2ccc(OC)c(F)c2)nc(N2CCC[C@H]2COC)n1. The Morgan fingerprint density at radius 2 is 1.85 bits per heavy atom. The van der Waals surface area contributed by atoms with Gasteiger partial charge in [-0.3, -0.25) is 4.90 Å². The topological polar surface area (TPSA) is 87.7 Å². The van der Waals surface area contributed by atoms with Crippen LogP contribution in [0.25, 0.3) is 0 Å². The van der Waals surface area contributed by atoms with Crippen molar-refractivity contribution in [3.8, 4) is 5.75 Å². The number of halogens is 1. The zero-order valence-corrected chi connectivity index (χ0v) is 19.7. The van der Waals surface area contributed by atoms with Crippen molar-refractivity contribution < 1.29 is 13.9 Å². The lowest BCUT2D eigenvalue weighted by atomic mass is 10.2. The molecule has 2 aliphatic rings. The summed E-state index contributed by atoms with van der Waals surface area (Å²) < 4.78 is 24.6. The highest BCUT2D eigenvalue weighted by atomic mass is 19.1. The lowest BCUT2D eigenvalue weighted by molar-refractivity contribution is 0.180. The average molecular weight is 460 g/mol. The lowest BCUT2D eigenvalue weighted by Gasteiger charge is -2.25. The van der Waals surface area contributed by atoms with E-state index < -0.39 is 5.82 Å². The van der Waals surface area contributed by atoms with E-state index in [1.54, 1.807) is 19.2 Å². The van der Waals surface area contributed by atoms with Gasteiger partial charge >= 0.3 is 0 Å². The molecular formula is C23H34FN7O2. The van der Waals surface area contributed by atoms with E-state index in [9.17, 15) is 4.39 Å². The monoisotopic (exact) mass is 459 g/mol. The molecule has 0 radical (unpaired) electrons. The fourth-order valence-corrected chi connectivity index (χ4v) is 4.72. The van der Waals surface area contributed by atoms with E-state index in [1.165, 1.54) is 19.6 Å². The number of nitrogens with zero attached hydrogens (tertiary/aromatic N) is 5. The van der Waals surface area contributed by atoms with Gasteiger partial charge in [-0.05, 0) is 50.9 Å². The van der Waals surface area contributed by atoms with E-state index >= 15 is 0 Å². The fourth-order valence-electron chi connectivity index (χ4n) is 4.72. The van der Waals surface area contributed by atoms with Crippen LogP contribution in [0, 0.1) is 5.82 Å². The van der Waals surface area contributed by atoms with Gasteiger partial charge in [0.15, 0.2) is 11.6 Å². The average Bonchev–Trinajstić information content (AvgIpc) is 3.47. The summed E-state index contributed by atoms with van der Waals surface area (Å²) in [5.74, 6) is 1.23. The van der Waals surface area contributed by atoms with E-state index in [2.05, 4.69) is 37.3 Å².